The molecule has 0 spiro atoms. The number of nitrogens with zero attached hydrogens (tertiary/aromatic N) is 3. The van der Waals surface area contributed by atoms with Gasteiger partial charge in [-0.05, 0) is 35.9 Å². The molecule has 0 aliphatic carbocycles. The first-order chi connectivity index (χ1) is 12.6. The van der Waals surface area contributed by atoms with Crippen LogP contribution in [0.5, 0.6) is 11.5 Å². The van der Waals surface area contributed by atoms with Crippen molar-refractivity contribution < 1.29 is 9.84 Å². The lowest BCUT2D eigenvalue weighted by molar-refractivity contribution is 0.373. The van der Waals surface area contributed by atoms with Gasteiger partial charge in [-0.25, -0.2) is 0 Å². The Kier molecular flexibility index (Phi) is 5.19. The lowest BCUT2D eigenvalue weighted by atomic mass is 10.2. The zero-order valence-corrected chi connectivity index (χ0v) is 14.5. The van der Waals surface area contributed by atoms with Crippen LogP contribution in [0.2, 0.25) is 5.02 Å². The molecule has 0 radical (unpaired) electrons. The van der Waals surface area contributed by atoms with Crippen LogP contribution < -0.4 is 15.7 Å². The summed E-state index contributed by atoms with van der Waals surface area (Å²) in [4.78, 5) is 12.4. The van der Waals surface area contributed by atoms with Crippen LogP contribution in [0.25, 0.3) is 5.69 Å². The molecule has 8 heteroatoms. The predicted molar refractivity (Wildman–Crippen MR) is 101 cm³/mol. The van der Waals surface area contributed by atoms with Gasteiger partial charge in [-0.2, -0.15) is 14.9 Å². The summed E-state index contributed by atoms with van der Waals surface area (Å²) in [6, 6.07) is 13.8. The van der Waals surface area contributed by atoms with E-state index in [9.17, 15) is 9.90 Å². The molecule has 0 saturated heterocycles. The quantitative estimate of drug-likeness (QED) is 0.532. The normalized spacial score (nSPS) is 10.8. The number of hydrogen-bond acceptors (Lipinski definition) is 6. The summed E-state index contributed by atoms with van der Waals surface area (Å²) in [7, 11) is 1.46. The summed E-state index contributed by atoms with van der Waals surface area (Å²) >= 11 is 6.14. The number of rotatable bonds is 5. The zero-order valence-electron chi connectivity index (χ0n) is 13.8. The lowest BCUT2D eigenvalue weighted by Gasteiger charge is -2.07. The Hall–Kier alpha value is -3.32. The molecular formula is C18H15ClN4O3. The molecule has 7 nitrogen and oxygen atoms in total. The first-order valence-corrected chi connectivity index (χ1v) is 7.97. The molecule has 0 saturated carbocycles. The maximum Gasteiger partial charge on any atom is 0.292 e. The lowest BCUT2D eigenvalue weighted by Crippen LogP contribution is -2.22. The van der Waals surface area contributed by atoms with Gasteiger partial charge in [-0.3, -0.25) is 10.2 Å². The number of phenols is 1. The third-order valence-electron chi connectivity index (χ3n) is 3.52. The van der Waals surface area contributed by atoms with Crippen LogP contribution in [-0.2, 0) is 0 Å². The molecule has 132 valence electrons. The number of halogens is 1. The van der Waals surface area contributed by atoms with Gasteiger partial charge in [0.05, 0.1) is 25.2 Å². The summed E-state index contributed by atoms with van der Waals surface area (Å²) in [5.41, 5.74) is 3.83. The van der Waals surface area contributed by atoms with E-state index in [2.05, 4.69) is 15.6 Å². The number of hydrogen-bond donors (Lipinski definition) is 2. The predicted octanol–water partition coefficient (Wildman–Crippen LogP) is 3.05. The van der Waals surface area contributed by atoms with E-state index < -0.39 is 5.56 Å². The number of aromatic hydroxyl groups is 1. The van der Waals surface area contributed by atoms with E-state index in [-0.39, 0.29) is 16.5 Å². The van der Waals surface area contributed by atoms with Crippen LogP contribution in [0, 0.1) is 0 Å². The Balaban J connectivity index is 1.81. The van der Waals surface area contributed by atoms with Crippen molar-refractivity contribution in [2.24, 2.45) is 5.10 Å². The molecule has 26 heavy (non-hydrogen) atoms. The molecule has 0 amide bonds. The topological polar surface area (TPSA) is 88.7 Å². The Labute approximate surface area is 154 Å². The Morgan fingerprint density at radius 3 is 2.77 bits per heavy atom. The average molecular weight is 371 g/mol. The van der Waals surface area contributed by atoms with Crippen molar-refractivity contribution in [3.63, 3.8) is 0 Å². The Bertz CT molecular complexity index is 1000. The molecule has 2 N–H and O–H groups in total. The van der Waals surface area contributed by atoms with Gasteiger partial charge in [0.1, 0.15) is 10.7 Å². The summed E-state index contributed by atoms with van der Waals surface area (Å²) < 4.78 is 6.24. The number of anilines is 1. The maximum atomic E-state index is 12.4. The minimum absolute atomic E-state index is 0.0238. The molecule has 0 unspecified atom stereocenters. The second-order valence-corrected chi connectivity index (χ2v) is 5.60. The molecule has 0 bridgehead atoms. The van der Waals surface area contributed by atoms with Gasteiger partial charge in [0.15, 0.2) is 11.5 Å². The van der Waals surface area contributed by atoms with Crippen LogP contribution in [0.15, 0.2) is 64.6 Å². The van der Waals surface area contributed by atoms with Crippen LogP contribution in [0.4, 0.5) is 5.69 Å². The third kappa shape index (κ3) is 3.68. The zero-order chi connectivity index (χ0) is 18.5. The number of ether oxygens (including phenoxy) is 1. The fourth-order valence-corrected chi connectivity index (χ4v) is 2.39. The van der Waals surface area contributed by atoms with E-state index in [0.717, 1.165) is 0 Å². The maximum absolute atomic E-state index is 12.4. The molecule has 1 heterocycles. The molecule has 0 fully saturated rings. The smallest absolute Gasteiger partial charge is 0.292 e. The first-order valence-electron chi connectivity index (χ1n) is 7.59. The fraction of sp³-hybridized carbons (Fsp3) is 0.0556. The summed E-state index contributed by atoms with van der Waals surface area (Å²) in [6.07, 6.45) is 2.92. The fourth-order valence-electron chi connectivity index (χ4n) is 2.21. The first kappa shape index (κ1) is 17.5. The van der Waals surface area contributed by atoms with E-state index in [1.165, 1.54) is 30.3 Å². The summed E-state index contributed by atoms with van der Waals surface area (Å²) in [6.45, 7) is 0. The number of methoxy groups -OCH3 is 1. The van der Waals surface area contributed by atoms with Crippen molar-refractivity contribution in [1.29, 1.82) is 0 Å². The van der Waals surface area contributed by atoms with Gasteiger partial charge in [0, 0.05) is 0 Å². The number of nitrogens with one attached hydrogen (secondary N) is 1. The average Bonchev–Trinajstić information content (AvgIpc) is 2.67. The molecule has 0 atom stereocenters. The molecule has 3 aromatic rings. The van der Waals surface area contributed by atoms with Crippen LogP contribution in [-0.4, -0.2) is 28.2 Å². The molecule has 1 aromatic heterocycles. The van der Waals surface area contributed by atoms with Crippen LogP contribution in [0.3, 0.4) is 0 Å². The van der Waals surface area contributed by atoms with Gasteiger partial charge in [-0.15, -0.1) is 0 Å². The number of aromatic nitrogens is 2. The second-order valence-electron chi connectivity index (χ2n) is 5.23. The van der Waals surface area contributed by atoms with E-state index in [4.69, 9.17) is 16.3 Å². The van der Waals surface area contributed by atoms with Crippen molar-refractivity contribution in [1.82, 2.24) is 9.78 Å². The minimum Gasteiger partial charge on any atom is -0.504 e. The molecule has 0 aliphatic rings. The van der Waals surface area contributed by atoms with E-state index in [0.29, 0.717) is 17.0 Å². The van der Waals surface area contributed by atoms with Gasteiger partial charge < -0.3 is 9.84 Å². The van der Waals surface area contributed by atoms with Crippen LogP contribution >= 0.6 is 11.6 Å². The van der Waals surface area contributed by atoms with E-state index in [1.807, 2.05) is 6.07 Å². The van der Waals surface area contributed by atoms with Gasteiger partial charge in [0.2, 0.25) is 0 Å². The van der Waals surface area contributed by atoms with E-state index in [1.54, 1.807) is 36.4 Å². The molecule has 3 rings (SSSR count). The SMILES string of the molecule is COc1cc(/C=N\Nc2cnn(-c3ccccc3)c(=O)c2Cl)ccc1O. The number of para-hydroxylation sites is 1. The largest absolute Gasteiger partial charge is 0.504 e. The number of phenolic OH excluding ortho intramolecular Hbond substituents is 1. The third-order valence-corrected chi connectivity index (χ3v) is 3.89. The highest BCUT2D eigenvalue weighted by Crippen LogP contribution is 2.25. The highest BCUT2D eigenvalue weighted by molar-refractivity contribution is 6.32. The van der Waals surface area contributed by atoms with Crippen molar-refractivity contribution in [3.05, 3.63) is 75.7 Å². The Morgan fingerprint density at radius 2 is 2.04 bits per heavy atom. The van der Waals surface area contributed by atoms with Gasteiger partial charge in [-0.1, -0.05) is 29.8 Å². The highest BCUT2D eigenvalue weighted by Gasteiger charge is 2.10. The van der Waals surface area contributed by atoms with Crippen molar-refractivity contribution in [3.8, 4) is 17.2 Å². The van der Waals surface area contributed by atoms with E-state index >= 15 is 0 Å². The number of benzene rings is 2. The van der Waals surface area contributed by atoms with Crippen LogP contribution in [0.1, 0.15) is 5.56 Å². The molecule has 2 aromatic carbocycles. The Morgan fingerprint density at radius 1 is 1.27 bits per heavy atom. The molecule has 0 aliphatic heterocycles. The monoisotopic (exact) mass is 370 g/mol. The van der Waals surface area contributed by atoms with Gasteiger partial charge >= 0.3 is 0 Å². The standard InChI is InChI=1S/C18H15ClN4O3/c1-26-16-9-12(7-8-15(16)24)10-20-22-14-11-21-23(18(25)17(14)19)13-5-3-2-4-6-13/h2-11,22,24H,1H3/b20-10-. The summed E-state index contributed by atoms with van der Waals surface area (Å²) in [5.74, 6) is 0.369. The van der Waals surface area contributed by atoms with Crippen molar-refractivity contribution in [2.75, 3.05) is 12.5 Å². The summed E-state index contributed by atoms with van der Waals surface area (Å²) in [5, 5.41) is 17.7. The second kappa shape index (κ2) is 7.71. The number of hydrazone groups is 1. The highest BCUT2D eigenvalue weighted by atomic mass is 35.5. The van der Waals surface area contributed by atoms with Crippen molar-refractivity contribution >= 4 is 23.5 Å². The van der Waals surface area contributed by atoms with Gasteiger partial charge in [0.25, 0.3) is 5.56 Å². The van der Waals surface area contributed by atoms with Crippen molar-refractivity contribution in [2.45, 2.75) is 0 Å². The minimum atomic E-state index is -0.454. The molecular weight excluding hydrogens is 356 g/mol.